The average molecular weight is 274 g/mol. The van der Waals surface area contributed by atoms with Crippen LogP contribution in [0.5, 0.6) is 0 Å². The number of nitrogens with one attached hydrogen (secondary N) is 1. The van der Waals surface area contributed by atoms with Gasteiger partial charge in [0.25, 0.3) is 0 Å². The SMILES string of the molecule is O=C(O)c1cccc(CNCC2CCN(C3CC3)C2)c1. The molecule has 3 rings (SSSR count). The number of carboxylic acid groups (broad SMARTS) is 1. The molecule has 20 heavy (non-hydrogen) atoms. The van der Waals surface area contributed by atoms with Gasteiger partial charge < -0.3 is 15.3 Å². The molecule has 0 amide bonds. The van der Waals surface area contributed by atoms with Gasteiger partial charge >= 0.3 is 5.97 Å². The van der Waals surface area contributed by atoms with Crippen molar-refractivity contribution < 1.29 is 9.90 Å². The van der Waals surface area contributed by atoms with Crippen molar-refractivity contribution in [3.63, 3.8) is 0 Å². The highest BCUT2D eigenvalue weighted by atomic mass is 16.4. The van der Waals surface area contributed by atoms with Gasteiger partial charge in [-0.25, -0.2) is 4.79 Å². The predicted molar refractivity (Wildman–Crippen MR) is 77.8 cm³/mol. The number of carboxylic acids is 1. The number of rotatable bonds is 6. The second-order valence-corrected chi connectivity index (χ2v) is 6.02. The van der Waals surface area contributed by atoms with E-state index in [9.17, 15) is 4.79 Å². The first kappa shape index (κ1) is 13.6. The Hall–Kier alpha value is -1.39. The summed E-state index contributed by atoms with van der Waals surface area (Å²) < 4.78 is 0. The van der Waals surface area contributed by atoms with Crippen molar-refractivity contribution in [3.8, 4) is 0 Å². The van der Waals surface area contributed by atoms with Crippen molar-refractivity contribution >= 4 is 5.97 Å². The highest BCUT2D eigenvalue weighted by molar-refractivity contribution is 5.87. The molecule has 2 fully saturated rings. The van der Waals surface area contributed by atoms with Gasteiger partial charge in [-0.15, -0.1) is 0 Å². The predicted octanol–water partition coefficient (Wildman–Crippen LogP) is 1.96. The Labute approximate surface area is 119 Å². The molecule has 1 atom stereocenters. The number of nitrogens with zero attached hydrogens (tertiary/aromatic N) is 1. The largest absolute Gasteiger partial charge is 0.478 e. The second-order valence-electron chi connectivity index (χ2n) is 6.02. The van der Waals surface area contributed by atoms with Gasteiger partial charge in [-0.1, -0.05) is 12.1 Å². The maximum atomic E-state index is 10.9. The molecule has 1 aliphatic carbocycles. The first-order valence-corrected chi connectivity index (χ1v) is 7.49. The van der Waals surface area contributed by atoms with Crippen LogP contribution in [0.2, 0.25) is 0 Å². The Morgan fingerprint density at radius 3 is 2.95 bits per heavy atom. The molecular formula is C16H22N2O2. The molecule has 1 unspecified atom stereocenters. The molecule has 1 aliphatic heterocycles. The van der Waals surface area contributed by atoms with Crippen LogP contribution in [0.15, 0.2) is 24.3 Å². The number of benzene rings is 1. The minimum absolute atomic E-state index is 0.366. The molecule has 1 heterocycles. The van der Waals surface area contributed by atoms with Crippen LogP contribution in [0, 0.1) is 5.92 Å². The van der Waals surface area contributed by atoms with E-state index in [1.54, 1.807) is 12.1 Å². The fourth-order valence-electron chi connectivity index (χ4n) is 3.04. The quantitative estimate of drug-likeness (QED) is 0.832. The summed E-state index contributed by atoms with van der Waals surface area (Å²) >= 11 is 0. The summed E-state index contributed by atoms with van der Waals surface area (Å²) in [6.45, 7) is 4.26. The van der Waals surface area contributed by atoms with E-state index in [4.69, 9.17) is 5.11 Å². The van der Waals surface area contributed by atoms with E-state index in [0.29, 0.717) is 5.56 Å². The smallest absolute Gasteiger partial charge is 0.335 e. The van der Waals surface area contributed by atoms with Crippen molar-refractivity contribution in [2.45, 2.75) is 31.8 Å². The van der Waals surface area contributed by atoms with E-state index < -0.39 is 5.97 Å². The maximum Gasteiger partial charge on any atom is 0.335 e. The third-order valence-electron chi connectivity index (χ3n) is 4.32. The van der Waals surface area contributed by atoms with Crippen LogP contribution in [0.25, 0.3) is 0 Å². The summed E-state index contributed by atoms with van der Waals surface area (Å²) in [5, 5.41) is 12.4. The number of likely N-dealkylation sites (tertiary alicyclic amines) is 1. The molecule has 0 radical (unpaired) electrons. The fourth-order valence-corrected chi connectivity index (χ4v) is 3.04. The molecule has 4 nitrogen and oxygen atoms in total. The Bertz CT molecular complexity index is 485. The molecule has 1 aromatic carbocycles. The molecule has 1 saturated carbocycles. The van der Waals surface area contributed by atoms with Crippen molar-refractivity contribution in [2.75, 3.05) is 19.6 Å². The van der Waals surface area contributed by atoms with Crippen LogP contribution < -0.4 is 5.32 Å². The molecule has 0 aromatic heterocycles. The van der Waals surface area contributed by atoms with E-state index >= 15 is 0 Å². The standard InChI is InChI=1S/C16H22N2O2/c19-16(20)14-3-1-2-12(8-14)9-17-10-13-6-7-18(11-13)15-4-5-15/h1-3,8,13,15,17H,4-7,9-11H2,(H,19,20). The number of carbonyl (C=O) groups is 1. The molecule has 2 N–H and O–H groups in total. The average Bonchev–Trinajstić information content (AvgIpc) is 3.19. The summed E-state index contributed by atoms with van der Waals surface area (Å²) in [6.07, 6.45) is 4.07. The summed E-state index contributed by atoms with van der Waals surface area (Å²) in [4.78, 5) is 13.5. The number of hydrogen-bond donors (Lipinski definition) is 2. The van der Waals surface area contributed by atoms with Gasteiger partial charge in [-0.05, 0) is 56.0 Å². The lowest BCUT2D eigenvalue weighted by atomic mass is 10.1. The van der Waals surface area contributed by atoms with Gasteiger partial charge in [0.2, 0.25) is 0 Å². The Balaban J connectivity index is 1.43. The zero-order valence-electron chi connectivity index (χ0n) is 11.7. The molecule has 2 aliphatic rings. The number of aromatic carboxylic acids is 1. The third kappa shape index (κ3) is 3.38. The monoisotopic (exact) mass is 274 g/mol. The van der Waals surface area contributed by atoms with Gasteiger partial charge in [-0.3, -0.25) is 0 Å². The van der Waals surface area contributed by atoms with Crippen molar-refractivity contribution in [1.29, 1.82) is 0 Å². The molecular weight excluding hydrogens is 252 g/mol. The van der Waals surface area contributed by atoms with Gasteiger partial charge in [0.15, 0.2) is 0 Å². The van der Waals surface area contributed by atoms with Crippen LogP contribution in [-0.4, -0.2) is 41.7 Å². The van der Waals surface area contributed by atoms with Gasteiger partial charge in [0.05, 0.1) is 5.56 Å². The van der Waals surface area contributed by atoms with Crippen molar-refractivity contribution in [2.24, 2.45) is 5.92 Å². The minimum Gasteiger partial charge on any atom is -0.478 e. The van der Waals surface area contributed by atoms with Crippen molar-refractivity contribution in [1.82, 2.24) is 10.2 Å². The highest BCUT2D eigenvalue weighted by Crippen LogP contribution is 2.31. The lowest BCUT2D eigenvalue weighted by molar-refractivity contribution is 0.0696. The van der Waals surface area contributed by atoms with E-state index in [-0.39, 0.29) is 0 Å². The zero-order chi connectivity index (χ0) is 13.9. The Morgan fingerprint density at radius 1 is 1.35 bits per heavy atom. The molecule has 4 heteroatoms. The van der Waals surface area contributed by atoms with Gasteiger partial charge in [-0.2, -0.15) is 0 Å². The summed E-state index contributed by atoms with van der Waals surface area (Å²) in [6, 6.07) is 8.05. The highest BCUT2D eigenvalue weighted by Gasteiger charge is 2.33. The Morgan fingerprint density at radius 2 is 2.20 bits per heavy atom. The van der Waals surface area contributed by atoms with E-state index in [0.717, 1.165) is 30.6 Å². The first-order chi connectivity index (χ1) is 9.72. The first-order valence-electron chi connectivity index (χ1n) is 7.49. The molecule has 108 valence electrons. The molecule has 0 spiro atoms. The summed E-state index contributed by atoms with van der Waals surface area (Å²) in [5.74, 6) is -0.110. The van der Waals surface area contributed by atoms with Crippen molar-refractivity contribution in [3.05, 3.63) is 35.4 Å². The van der Waals surface area contributed by atoms with E-state index in [1.165, 1.54) is 32.4 Å². The van der Waals surface area contributed by atoms with Crippen LogP contribution in [0.4, 0.5) is 0 Å². The van der Waals surface area contributed by atoms with Gasteiger partial charge in [0, 0.05) is 19.1 Å². The zero-order valence-corrected chi connectivity index (χ0v) is 11.7. The minimum atomic E-state index is -0.859. The van der Waals surface area contributed by atoms with Crippen LogP contribution >= 0.6 is 0 Å². The normalized spacial score (nSPS) is 23.1. The van der Waals surface area contributed by atoms with Crippen LogP contribution in [-0.2, 0) is 6.54 Å². The molecule has 0 bridgehead atoms. The molecule has 1 aromatic rings. The second kappa shape index (κ2) is 5.94. The van der Waals surface area contributed by atoms with E-state index in [2.05, 4.69) is 10.2 Å². The lowest BCUT2D eigenvalue weighted by Gasteiger charge is -2.15. The van der Waals surface area contributed by atoms with Crippen LogP contribution in [0.1, 0.15) is 35.2 Å². The van der Waals surface area contributed by atoms with E-state index in [1.807, 2.05) is 12.1 Å². The number of hydrogen-bond acceptors (Lipinski definition) is 3. The lowest BCUT2D eigenvalue weighted by Crippen LogP contribution is -2.27. The summed E-state index contributed by atoms with van der Waals surface area (Å²) in [7, 11) is 0. The maximum absolute atomic E-state index is 10.9. The van der Waals surface area contributed by atoms with Crippen LogP contribution in [0.3, 0.4) is 0 Å². The topological polar surface area (TPSA) is 52.6 Å². The fraction of sp³-hybridized carbons (Fsp3) is 0.562. The molecule has 1 saturated heterocycles. The summed E-state index contributed by atoms with van der Waals surface area (Å²) in [5.41, 5.74) is 1.41. The van der Waals surface area contributed by atoms with Gasteiger partial charge in [0.1, 0.15) is 0 Å². The Kier molecular flexibility index (Phi) is 4.03. The third-order valence-corrected chi connectivity index (χ3v) is 4.32.